The second-order valence-corrected chi connectivity index (χ2v) is 5.84. The first-order valence-corrected chi connectivity index (χ1v) is 6.57. The minimum atomic E-state index is 0.467. The number of fused-ring (bicyclic) bond motifs is 2. The SMILES string of the molecule is CC(C)c1nsc([C@H]2CN3CC[C@H]2C3)n1. The van der Waals surface area contributed by atoms with Crippen molar-refractivity contribution in [2.45, 2.75) is 32.1 Å². The zero-order valence-electron chi connectivity index (χ0n) is 9.31. The average molecular weight is 223 g/mol. The van der Waals surface area contributed by atoms with Crippen LogP contribution in [0.3, 0.4) is 0 Å². The lowest BCUT2D eigenvalue weighted by Crippen LogP contribution is -2.22. The van der Waals surface area contributed by atoms with Crippen LogP contribution in [-0.2, 0) is 0 Å². The fourth-order valence-corrected chi connectivity index (χ4v) is 3.67. The Hall–Kier alpha value is -0.480. The third kappa shape index (κ3) is 1.60. The number of piperidine rings is 1. The monoisotopic (exact) mass is 223 g/mol. The van der Waals surface area contributed by atoms with Gasteiger partial charge >= 0.3 is 0 Å². The molecule has 0 spiro atoms. The van der Waals surface area contributed by atoms with E-state index in [2.05, 4.69) is 23.1 Å². The Bertz CT molecular complexity index is 360. The van der Waals surface area contributed by atoms with E-state index >= 15 is 0 Å². The Morgan fingerprint density at radius 1 is 1.40 bits per heavy atom. The first kappa shape index (κ1) is 9.73. The van der Waals surface area contributed by atoms with Crippen molar-refractivity contribution in [2.75, 3.05) is 19.6 Å². The normalized spacial score (nSPS) is 34.2. The molecule has 1 aromatic rings. The summed E-state index contributed by atoms with van der Waals surface area (Å²) in [4.78, 5) is 7.25. The van der Waals surface area contributed by atoms with Gasteiger partial charge in [-0.05, 0) is 30.4 Å². The van der Waals surface area contributed by atoms with Crippen LogP contribution in [0.15, 0.2) is 0 Å². The highest BCUT2D eigenvalue weighted by Crippen LogP contribution is 2.40. The van der Waals surface area contributed by atoms with Crippen molar-refractivity contribution in [3.63, 3.8) is 0 Å². The lowest BCUT2D eigenvalue weighted by atomic mass is 9.93. The zero-order chi connectivity index (χ0) is 10.4. The zero-order valence-corrected chi connectivity index (χ0v) is 10.1. The summed E-state index contributed by atoms with van der Waals surface area (Å²) in [5, 5.41) is 1.28. The van der Waals surface area contributed by atoms with Gasteiger partial charge in [0.25, 0.3) is 0 Å². The van der Waals surface area contributed by atoms with Gasteiger partial charge in [-0.1, -0.05) is 13.8 Å². The summed E-state index contributed by atoms with van der Waals surface area (Å²) in [6, 6.07) is 0. The predicted molar refractivity (Wildman–Crippen MR) is 61.3 cm³/mol. The first-order chi connectivity index (χ1) is 7.24. The lowest BCUT2D eigenvalue weighted by molar-refractivity contribution is 0.346. The standard InChI is InChI=1S/C11H17N3S/c1-7(2)10-12-11(15-13-10)9-6-14-4-3-8(9)5-14/h7-9H,3-6H2,1-2H3/t8-,9-/m0/s1. The highest BCUT2D eigenvalue weighted by atomic mass is 32.1. The van der Waals surface area contributed by atoms with Gasteiger partial charge in [0, 0.05) is 24.9 Å². The molecule has 2 aliphatic heterocycles. The van der Waals surface area contributed by atoms with E-state index < -0.39 is 0 Å². The molecule has 0 radical (unpaired) electrons. The Morgan fingerprint density at radius 3 is 2.80 bits per heavy atom. The number of hydrogen-bond donors (Lipinski definition) is 0. The molecule has 82 valence electrons. The van der Waals surface area contributed by atoms with E-state index in [9.17, 15) is 0 Å². The summed E-state index contributed by atoms with van der Waals surface area (Å²) in [5.74, 6) is 3.04. The van der Waals surface area contributed by atoms with Gasteiger partial charge in [0.05, 0.1) is 0 Å². The van der Waals surface area contributed by atoms with Crippen LogP contribution in [0.1, 0.15) is 42.9 Å². The molecular formula is C11H17N3S. The molecule has 0 saturated carbocycles. The molecule has 0 amide bonds. The minimum Gasteiger partial charge on any atom is -0.302 e. The summed E-state index contributed by atoms with van der Waals surface area (Å²) in [6.45, 7) is 8.14. The maximum absolute atomic E-state index is 4.69. The van der Waals surface area contributed by atoms with Crippen LogP contribution < -0.4 is 0 Å². The van der Waals surface area contributed by atoms with Gasteiger partial charge in [0.2, 0.25) is 0 Å². The molecule has 4 heteroatoms. The van der Waals surface area contributed by atoms with E-state index in [1.165, 1.54) is 31.1 Å². The summed E-state index contributed by atoms with van der Waals surface area (Å²) >= 11 is 1.63. The maximum Gasteiger partial charge on any atom is 0.145 e. The van der Waals surface area contributed by atoms with Crippen molar-refractivity contribution in [2.24, 2.45) is 5.92 Å². The predicted octanol–water partition coefficient (Wildman–Crippen LogP) is 2.08. The number of nitrogens with zero attached hydrogens (tertiary/aromatic N) is 3. The van der Waals surface area contributed by atoms with Gasteiger partial charge in [-0.25, -0.2) is 4.98 Å². The average Bonchev–Trinajstić information content (AvgIpc) is 2.93. The van der Waals surface area contributed by atoms with Crippen molar-refractivity contribution in [3.8, 4) is 0 Å². The Kier molecular flexibility index (Phi) is 2.29. The summed E-state index contributed by atoms with van der Waals surface area (Å²) in [7, 11) is 0. The van der Waals surface area contributed by atoms with Crippen LogP contribution in [0, 0.1) is 5.92 Å². The fraction of sp³-hybridized carbons (Fsp3) is 0.818. The van der Waals surface area contributed by atoms with Crippen molar-refractivity contribution in [3.05, 3.63) is 10.8 Å². The molecule has 3 heterocycles. The molecule has 2 fully saturated rings. The van der Waals surface area contributed by atoms with Crippen molar-refractivity contribution >= 4 is 11.5 Å². The van der Waals surface area contributed by atoms with Gasteiger partial charge in [-0.2, -0.15) is 4.37 Å². The van der Waals surface area contributed by atoms with Crippen LogP contribution in [0.4, 0.5) is 0 Å². The Balaban J connectivity index is 1.81. The van der Waals surface area contributed by atoms with E-state index in [1.807, 2.05) is 0 Å². The second-order valence-electron chi connectivity index (χ2n) is 5.06. The van der Waals surface area contributed by atoms with Crippen molar-refractivity contribution in [1.29, 1.82) is 0 Å². The number of hydrogen-bond acceptors (Lipinski definition) is 4. The quantitative estimate of drug-likeness (QED) is 0.768. The van der Waals surface area contributed by atoms with Gasteiger partial charge in [-0.15, -0.1) is 0 Å². The molecule has 3 nitrogen and oxygen atoms in total. The van der Waals surface area contributed by atoms with Crippen LogP contribution >= 0.6 is 11.5 Å². The molecular weight excluding hydrogens is 206 g/mol. The third-order valence-electron chi connectivity index (χ3n) is 3.62. The summed E-state index contributed by atoms with van der Waals surface area (Å²) < 4.78 is 4.46. The number of rotatable bonds is 2. The van der Waals surface area contributed by atoms with Crippen LogP contribution in [0.2, 0.25) is 0 Å². The van der Waals surface area contributed by atoms with Crippen LogP contribution in [0.25, 0.3) is 0 Å². The molecule has 0 N–H and O–H groups in total. The molecule has 0 aliphatic carbocycles. The fourth-order valence-electron chi connectivity index (χ4n) is 2.70. The Morgan fingerprint density at radius 2 is 2.27 bits per heavy atom. The van der Waals surface area contributed by atoms with E-state index in [4.69, 9.17) is 4.98 Å². The molecule has 1 aromatic heterocycles. The van der Waals surface area contributed by atoms with Crippen molar-refractivity contribution in [1.82, 2.24) is 14.3 Å². The minimum absolute atomic E-state index is 0.467. The highest BCUT2D eigenvalue weighted by Gasteiger charge is 2.40. The Labute approximate surface area is 94.7 Å². The van der Waals surface area contributed by atoms with Crippen molar-refractivity contribution < 1.29 is 0 Å². The van der Waals surface area contributed by atoms with Gasteiger partial charge in [0.1, 0.15) is 10.8 Å². The van der Waals surface area contributed by atoms with E-state index in [1.54, 1.807) is 11.5 Å². The molecule has 2 aliphatic rings. The van der Waals surface area contributed by atoms with E-state index in [-0.39, 0.29) is 0 Å². The third-order valence-corrected chi connectivity index (χ3v) is 4.48. The van der Waals surface area contributed by atoms with Gasteiger partial charge in [0.15, 0.2) is 0 Å². The van der Waals surface area contributed by atoms with E-state index in [0.717, 1.165) is 11.7 Å². The van der Waals surface area contributed by atoms with E-state index in [0.29, 0.717) is 11.8 Å². The van der Waals surface area contributed by atoms with Crippen LogP contribution in [-0.4, -0.2) is 33.9 Å². The maximum atomic E-state index is 4.69. The molecule has 0 aromatic carbocycles. The van der Waals surface area contributed by atoms with Gasteiger partial charge in [-0.3, -0.25) is 0 Å². The van der Waals surface area contributed by atoms with Gasteiger partial charge < -0.3 is 4.90 Å². The molecule has 3 rings (SSSR count). The second kappa shape index (κ2) is 3.52. The topological polar surface area (TPSA) is 29.0 Å². The largest absolute Gasteiger partial charge is 0.302 e. The highest BCUT2D eigenvalue weighted by molar-refractivity contribution is 7.05. The molecule has 15 heavy (non-hydrogen) atoms. The molecule has 2 bridgehead atoms. The molecule has 1 unspecified atom stereocenters. The first-order valence-electron chi connectivity index (χ1n) is 5.80. The summed E-state index contributed by atoms with van der Waals surface area (Å²) in [6.07, 6.45) is 1.36. The smallest absolute Gasteiger partial charge is 0.145 e. The van der Waals surface area contributed by atoms with Crippen LogP contribution in [0.5, 0.6) is 0 Å². The number of aromatic nitrogens is 2. The lowest BCUT2D eigenvalue weighted by Gasteiger charge is -2.19. The molecule has 2 saturated heterocycles. The molecule has 3 atom stereocenters. The summed E-state index contributed by atoms with van der Waals surface area (Å²) in [5.41, 5.74) is 0.